The van der Waals surface area contributed by atoms with Crippen molar-refractivity contribution in [3.63, 3.8) is 0 Å². The Morgan fingerprint density at radius 2 is 2.08 bits per heavy atom. The fourth-order valence-electron chi connectivity index (χ4n) is 2.17. The SMILES string of the molecule is CC(=CCOc1cc(O)cc2oc(=O)ccc12)CC=CC(C)(C)OO. The first-order valence-electron chi connectivity index (χ1n) is 7.86. The number of hydrogen-bond donors (Lipinski definition) is 2. The summed E-state index contributed by atoms with van der Waals surface area (Å²) in [6.45, 7) is 5.76. The second-order valence-corrected chi connectivity index (χ2v) is 6.27. The van der Waals surface area contributed by atoms with Crippen molar-refractivity contribution in [3.05, 3.63) is 58.5 Å². The van der Waals surface area contributed by atoms with Gasteiger partial charge in [0.05, 0.1) is 5.39 Å². The van der Waals surface area contributed by atoms with E-state index >= 15 is 0 Å². The molecule has 6 heteroatoms. The molecule has 0 radical (unpaired) electrons. The second kappa shape index (κ2) is 8.00. The maximum absolute atomic E-state index is 11.3. The predicted octanol–water partition coefficient (Wildman–Crippen LogP) is 4.04. The van der Waals surface area contributed by atoms with E-state index in [0.717, 1.165) is 5.57 Å². The van der Waals surface area contributed by atoms with Crippen LogP contribution in [0.5, 0.6) is 11.5 Å². The molecular weight excluding hydrogens is 324 g/mol. The third kappa shape index (κ3) is 5.48. The maximum Gasteiger partial charge on any atom is 0.336 e. The molecule has 2 rings (SSSR count). The van der Waals surface area contributed by atoms with E-state index in [4.69, 9.17) is 14.4 Å². The molecule has 6 nitrogen and oxygen atoms in total. The average Bonchev–Trinajstić information content (AvgIpc) is 2.54. The van der Waals surface area contributed by atoms with Gasteiger partial charge in [0.1, 0.15) is 29.3 Å². The van der Waals surface area contributed by atoms with E-state index in [0.29, 0.717) is 24.2 Å². The van der Waals surface area contributed by atoms with Crippen LogP contribution in [0.4, 0.5) is 0 Å². The summed E-state index contributed by atoms with van der Waals surface area (Å²) in [6.07, 6.45) is 6.27. The van der Waals surface area contributed by atoms with Crippen molar-refractivity contribution in [2.75, 3.05) is 6.61 Å². The predicted molar refractivity (Wildman–Crippen MR) is 95.0 cm³/mol. The number of fused-ring (bicyclic) bond motifs is 1. The van der Waals surface area contributed by atoms with Crippen molar-refractivity contribution in [2.45, 2.75) is 32.8 Å². The van der Waals surface area contributed by atoms with E-state index in [1.165, 1.54) is 18.2 Å². The van der Waals surface area contributed by atoms with Gasteiger partial charge in [0.25, 0.3) is 0 Å². The van der Waals surface area contributed by atoms with Crippen molar-refractivity contribution in [3.8, 4) is 11.5 Å². The van der Waals surface area contributed by atoms with Crippen LogP contribution in [0.3, 0.4) is 0 Å². The van der Waals surface area contributed by atoms with Crippen LogP contribution in [-0.2, 0) is 4.89 Å². The molecule has 134 valence electrons. The monoisotopic (exact) mass is 346 g/mol. The molecule has 25 heavy (non-hydrogen) atoms. The molecule has 0 saturated heterocycles. The number of rotatable bonds is 7. The van der Waals surface area contributed by atoms with E-state index in [1.807, 2.05) is 19.1 Å². The molecule has 0 unspecified atom stereocenters. The van der Waals surface area contributed by atoms with Gasteiger partial charge >= 0.3 is 5.63 Å². The Morgan fingerprint density at radius 3 is 2.80 bits per heavy atom. The van der Waals surface area contributed by atoms with Crippen LogP contribution in [0.1, 0.15) is 27.2 Å². The highest BCUT2D eigenvalue weighted by atomic mass is 17.1. The second-order valence-electron chi connectivity index (χ2n) is 6.27. The van der Waals surface area contributed by atoms with Crippen molar-refractivity contribution in [2.24, 2.45) is 0 Å². The van der Waals surface area contributed by atoms with Crippen LogP contribution in [-0.4, -0.2) is 22.6 Å². The fraction of sp³-hybridized carbons (Fsp3) is 0.316. The summed E-state index contributed by atoms with van der Waals surface area (Å²) in [6, 6.07) is 5.77. The van der Waals surface area contributed by atoms with Crippen molar-refractivity contribution >= 4 is 11.0 Å². The first kappa shape index (κ1) is 18.8. The van der Waals surface area contributed by atoms with Gasteiger partial charge in [-0.05, 0) is 39.3 Å². The number of aromatic hydroxyl groups is 1. The number of phenols is 1. The Labute approximate surface area is 145 Å². The van der Waals surface area contributed by atoms with Gasteiger partial charge in [-0.25, -0.2) is 9.68 Å². The van der Waals surface area contributed by atoms with E-state index in [1.54, 1.807) is 26.0 Å². The molecule has 0 aliphatic carbocycles. The van der Waals surface area contributed by atoms with Crippen molar-refractivity contribution in [1.29, 1.82) is 0 Å². The highest BCUT2D eigenvalue weighted by molar-refractivity contribution is 5.84. The number of hydrogen-bond acceptors (Lipinski definition) is 6. The van der Waals surface area contributed by atoms with Crippen LogP contribution >= 0.6 is 0 Å². The Hall–Kier alpha value is -2.57. The molecular formula is C19H22O6. The number of phenolic OH excluding ortho intramolecular Hbond substituents is 1. The lowest BCUT2D eigenvalue weighted by atomic mass is 10.1. The minimum absolute atomic E-state index is 0.0354. The fourth-order valence-corrected chi connectivity index (χ4v) is 2.17. The van der Waals surface area contributed by atoms with Crippen LogP contribution in [0.2, 0.25) is 0 Å². The first-order valence-corrected chi connectivity index (χ1v) is 7.86. The summed E-state index contributed by atoms with van der Waals surface area (Å²) >= 11 is 0. The highest BCUT2D eigenvalue weighted by Gasteiger charge is 2.12. The Kier molecular flexibility index (Phi) is 6.01. The van der Waals surface area contributed by atoms with Gasteiger partial charge in [-0.1, -0.05) is 17.7 Å². The Balaban J connectivity index is 2.04. The van der Waals surface area contributed by atoms with Crippen LogP contribution in [0.15, 0.2) is 57.3 Å². The van der Waals surface area contributed by atoms with Crippen LogP contribution in [0, 0.1) is 0 Å². The van der Waals surface area contributed by atoms with Gasteiger partial charge in [-0.2, -0.15) is 0 Å². The minimum atomic E-state index is -0.721. The topological polar surface area (TPSA) is 89.1 Å². The number of allylic oxidation sites excluding steroid dienone is 2. The van der Waals surface area contributed by atoms with Gasteiger partial charge in [0.2, 0.25) is 0 Å². The lowest BCUT2D eigenvalue weighted by molar-refractivity contribution is -0.297. The number of benzene rings is 1. The molecule has 1 aromatic carbocycles. The zero-order chi connectivity index (χ0) is 18.4. The van der Waals surface area contributed by atoms with Crippen molar-refractivity contribution in [1.82, 2.24) is 0 Å². The normalized spacial score (nSPS) is 12.9. The largest absolute Gasteiger partial charge is 0.508 e. The molecule has 0 aliphatic rings. The van der Waals surface area contributed by atoms with Gasteiger partial charge in [0, 0.05) is 18.2 Å². The zero-order valence-electron chi connectivity index (χ0n) is 14.5. The summed E-state index contributed by atoms with van der Waals surface area (Å²) in [5.74, 6) is 0.403. The molecule has 0 spiro atoms. The average molecular weight is 346 g/mol. The van der Waals surface area contributed by atoms with E-state index < -0.39 is 11.2 Å². The van der Waals surface area contributed by atoms with Gasteiger partial charge in [-0.3, -0.25) is 5.26 Å². The molecule has 2 N–H and O–H groups in total. The summed E-state index contributed by atoms with van der Waals surface area (Å²) in [4.78, 5) is 15.6. The van der Waals surface area contributed by atoms with E-state index in [-0.39, 0.29) is 11.3 Å². The Bertz CT molecular complexity index is 845. The first-order chi connectivity index (χ1) is 11.8. The van der Waals surface area contributed by atoms with Gasteiger partial charge < -0.3 is 14.3 Å². The quantitative estimate of drug-likeness (QED) is 0.340. The van der Waals surface area contributed by atoms with Gasteiger partial charge in [0.15, 0.2) is 0 Å². The smallest absolute Gasteiger partial charge is 0.336 e. The molecule has 1 heterocycles. The standard InChI is InChI=1S/C19H22O6/c1-13(5-4-9-19(2,3)25-22)8-10-23-16-11-14(20)12-17-15(16)6-7-18(21)24-17/h4,6-9,11-12,20,22H,5,10H2,1-3H3. The van der Waals surface area contributed by atoms with E-state index in [2.05, 4.69) is 4.89 Å². The molecule has 0 atom stereocenters. The summed E-state index contributed by atoms with van der Waals surface area (Å²) in [7, 11) is 0. The summed E-state index contributed by atoms with van der Waals surface area (Å²) in [5.41, 5.74) is 0.140. The maximum atomic E-state index is 11.3. The van der Waals surface area contributed by atoms with Crippen LogP contribution < -0.4 is 10.4 Å². The molecule has 1 aromatic heterocycles. The Morgan fingerprint density at radius 1 is 1.32 bits per heavy atom. The number of ether oxygens (including phenoxy) is 1. The summed E-state index contributed by atoms with van der Waals surface area (Å²) < 4.78 is 10.7. The van der Waals surface area contributed by atoms with Crippen LogP contribution in [0.25, 0.3) is 11.0 Å². The summed E-state index contributed by atoms with van der Waals surface area (Å²) in [5, 5.41) is 19.1. The highest BCUT2D eigenvalue weighted by Crippen LogP contribution is 2.29. The molecule has 0 saturated carbocycles. The third-order valence-corrected chi connectivity index (χ3v) is 3.55. The molecule has 2 aromatic rings. The minimum Gasteiger partial charge on any atom is -0.508 e. The molecule has 0 fully saturated rings. The molecule has 0 aliphatic heterocycles. The molecule has 0 bridgehead atoms. The lowest BCUT2D eigenvalue weighted by Crippen LogP contribution is -2.18. The van der Waals surface area contributed by atoms with E-state index in [9.17, 15) is 9.90 Å². The lowest BCUT2D eigenvalue weighted by Gasteiger charge is -2.14. The third-order valence-electron chi connectivity index (χ3n) is 3.55. The zero-order valence-corrected chi connectivity index (χ0v) is 14.5. The van der Waals surface area contributed by atoms with Crippen molar-refractivity contribution < 1.29 is 24.4 Å². The molecule has 0 amide bonds. The van der Waals surface area contributed by atoms with Gasteiger partial charge in [-0.15, -0.1) is 0 Å².